The summed E-state index contributed by atoms with van der Waals surface area (Å²) in [7, 11) is 0. The van der Waals surface area contributed by atoms with E-state index in [0.717, 1.165) is 6.08 Å². The SMILES string of the molecule is CCO[C@@H](CC/C=C/C(=O)O)[C@@H](OC(=O)Nc1ccc(C(C)=O)cc1)c1ccc(O)cc1. The molecule has 0 aliphatic carbocycles. The van der Waals surface area contributed by atoms with Crippen molar-refractivity contribution in [1.82, 2.24) is 0 Å². The number of benzene rings is 2. The number of phenols is 1. The highest BCUT2D eigenvalue weighted by Crippen LogP contribution is 2.29. The normalized spacial score (nSPS) is 12.8. The molecule has 2 atom stereocenters. The van der Waals surface area contributed by atoms with Gasteiger partial charge >= 0.3 is 12.1 Å². The number of carboxylic acid groups (broad SMARTS) is 1. The number of rotatable bonds is 11. The Bertz CT molecular complexity index is 936. The van der Waals surface area contributed by atoms with E-state index in [9.17, 15) is 19.5 Å². The van der Waals surface area contributed by atoms with Crippen molar-refractivity contribution in [2.24, 2.45) is 0 Å². The van der Waals surface area contributed by atoms with Crippen molar-refractivity contribution in [3.63, 3.8) is 0 Å². The first-order chi connectivity index (χ1) is 15.3. The van der Waals surface area contributed by atoms with Gasteiger partial charge in [-0.25, -0.2) is 9.59 Å². The van der Waals surface area contributed by atoms with Crippen molar-refractivity contribution in [2.75, 3.05) is 11.9 Å². The molecular weight excluding hydrogens is 414 g/mol. The lowest BCUT2D eigenvalue weighted by atomic mass is 10.00. The monoisotopic (exact) mass is 441 g/mol. The first-order valence-corrected chi connectivity index (χ1v) is 10.2. The first-order valence-electron chi connectivity index (χ1n) is 10.2. The van der Waals surface area contributed by atoms with Gasteiger partial charge in [0.1, 0.15) is 5.75 Å². The van der Waals surface area contributed by atoms with E-state index in [-0.39, 0.29) is 11.5 Å². The Balaban J connectivity index is 2.18. The topological polar surface area (TPSA) is 122 Å². The predicted octanol–water partition coefficient (Wildman–Crippen LogP) is 4.71. The second-order valence-corrected chi connectivity index (χ2v) is 6.99. The van der Waals surface area contributed by atoms with E-state index >= 15 is 0 Å². The van der Waals surface area contributed by atoms with Crippen molar-refractivity contribution in [3.05, 3.63) is 71.8 Å². The molecule has 8 heteroatoms. The van der Waals surface area contributed by atoms with Gasteiger partial charge in [0.15, 0.2) is 11.9 Å². The fourth-order valence-corrected chi connectivity index (χ4v) is 3.05. The maximum Gasteiger partial charge on any atom is 0.412 e. The predicted molar refractivity (Wildman–Crippen MR) is 119 cm³/mol. The molecule has 0 heterocycles. The number of aliphatic carboxylic acids is 1. The number of amides is 1. The molecule has 0 saturated heterocycles. The van der Waals surface area contributed by atoms with Crippen LogP contribution in [0.5, 0.6) is 5.75 Å². The quantitative estimate of drug-likeness (QED) is 0.341. The van der Waals surface area contributed by atoms with Crippen LogP contribution >= 0.6 is 0 Å². The summed E-state index contributed by atoms with van der Waals surface area (Å²) in [5.74, 6) is -1.05. The van der Waals surface area contributed by atoms with Gasteiger partial charge in [-0.15, -0.1) is 0 Å². The zero-order valence-corrected chi connectivity index (χ0v) is 18.0. The van der Waals surface area contributed by atoms with Crippen molar-refractivity contribution in [1.29, 1.82) is 0 Å². The van der Waals surface area contributed by atoms with Crippen LogP contribution in [-0.2, 0) is 14.3 Å². The Kier molecular flexibility index (Phi) is 9.43. The molecule has 0 aromatic heterocycles. The summed E-state index contributed by atoms with van der Waals surface area (Å²) in [5, 5.41) is 21.0. The zero-order chi connectivity index (χ0) is 23.5. The number of aromatic hydroxyl groups is 1. The molecule has 170 valence electrons. The van der Waals surface area contributed by atoms with Crippen LogP contribution in [0.2, 0.25) is 0 Å². The number of anilines is 1. The van der Waals surface area contributed by atoms with Gasteiger partial charge in [0.25, 0.3) is 0 Å². The zero-order valence-electron chi connectivity index (χ0n) is 18.0. The van der Waals surface area contributed by atoms with Crippen LogP contribution in [0.3, 0.4) is 0 Å². The Labute approximate surface area is 186 Å². The number of carbonyl (C=O) groups excluding carboxylic acids is 2. The Morgan fingerprint density at radius 1 is 1.06 bits per heavy atom. The largest absolute Gasteiger partial charge is 0.508 e. The lowest BCUT2D eigenvalue weighted by Gasteiger charge is -2.27. The van der Waals surface area contributed by atoms with Crippen LogP contribution in [0.25, 0.3) is 0 Å². The van der Waals surface area contributed by atoms with Gasteiger partial charge in [0.05, 0.1) is 6.10 Å². The summed E-state index contributed by atoms with van der Waals surface area (Å²) >= 11 is 0. The number of Topliss-reactive ketones (excluding diaryl/α,β-unsaturated/α-hetero) is 1. The first kappa shape index (κ1) is 24.6. The summed E-state index contributed by atoms with van der Waals surface area (Å²) in [5.41, 5.74) is 1.60. The van der Waals surface area contributed by atoms with Crippen molar-refractivity contribution in [3.8, 4) is 5.75 Å². The third-order valence-corrected chi connectivity index (χ3v) is 4.59. The number of nitrogens with one attached hydrogen (secondary N) is 1. The van der Waals surface area contributed by atoms with Crippen LogP contribution in [0.4, 0.5) is 10.5 Å². The minimum Gasteiger partial charge on any atom is -0.508 e. The van der Waals surface area contributed by atoms with E-state index in [2.05, 4.69) is 5.32 Å². The molecule has 0 unspecified atom stereocenters. The van der Waals surface area contributed by atoms with Gasteiger partial charge in [-0.3, -0.25) is 10.1 Å². The fourth-order valence-electron chi connectivity index (χ4n) is 3.05. The van der Waals surface area contributed by atoms with Crippen LogP contribution < -0.4 is 5.32 Å². The summed E-state index contributed by atoms with van der Waals surface area (Å²) in [6.07, 6.45) is 1.31. The van der Waals surface area contributed by atoms with Crippen LogP contribution in [-0.4, -0.2) is 40.8 Å². The molecule has 0 radical (unpaired) electrons. The van der Waals surface area contributed by atoms with E-state index in [4.69, 9.17) is 14.6 Å². The van der Waals surface area contributed by atoms with E-state index in [1.54, 1.807) is 36.4 Å². The number of ketones is 1. The molecule has 3 N–H and O–H groups in total. The highest BCUT2D eigenvalue weighted by Gasteiger charge is 2.27. The van der Waals surface area contributed by atoms with Gasteiger partial charge < -0.3 is 19.7 Å². The standard InChI is InChI=1S/C24H27NO7/c1-3-31-21(6-4-5-7-22(28)29)23(18-10-14-20(27)15-11-18)32-24(30)25-19-12-8-17(9-13-19)16(2)26/h5,7-15,21,23,27H,3-4,6H2,1-2H3,(H,25,30)(H,28,29)/b7-5+/t21-,23-/m0/s1. The number of allylic oxidation sites excluding steroid dienone is 1. The highest BCUT2D eigenvalue weighted by molar-refractivity contribution is 5.95. The Hall–Kier alpha value is -3.65. The minimum absolute atomic E-state index is 0.0693. The second-order valence-electron chi connectivity index (χ2n) is 6.99. The minimum atomic E-state index is -1.04. The number of carboxylic acids is 1. The van der Waals surface area contributed by atoms with Gasteiger partial charge in [0, 0.05) is 23.9 Å². The molecule has 8 nitrogen and oxygen atoms in total. The Morgan fingerprint density at radius 3 is 2.28 bits per heavy atom. The number of carbonyl (C=O) groups is 3. The number of hydrogen-bond donors (Lipinski definition) is 3. The average molecular weight is 441 g/mol. The molecule has 32 heavy (non-hydrogen) atoms. The smallest absolute Gasteiger partial charge is 0.412 e. The van der Waals surface area contributed by atoms with Crippen LogP contribution in [0.1, 0.15) is 48.7 Å². The lowest BCUT2D eigenvalue weighted by Crippen LogP contribution is -2.29. The number of ether oxygens (including phenoxy) is 2. The Morgan fingerprint density at radius 2 is 1.72 bits per heavy atom. The second kappa shape index (κ2) is 12.3. The molecule has 2 aromatic carbocycles. The lowest BCUT2D eigenvalue weighted by molar-refractivity contribution is -0.131. The molecule has 0 aliphatic rings. The van der Waals surface area contributed by atoms with E-state index < -0.39 is 24.3 Å². The molecule has 2 aromatic rings. The van der Waals surface area contributed by atoms with Crippen LogP contribution in [0.15, 0.2) is 60.7 Å². The molecule has 2 rings (SSSR count). The van der Waals surface area contributed by atoms with Crippen molar-refractivity contribution < 1.29 is 34.1 Å². The molecule has 0 saturated carbocycles. The molecule has 0 aliphatic heterocycles. The maximum absolute atomic E-state index is 12.6. The van der Waals surface area contributed by atoms with Gasteiger partial charge in [-0.1, -0.05) is 18.2 Å². The van der Waals surface area contributed by atoms with E-state index in [1.807, 2.05) is 6.92 Å². The molecule has 0 bridgehead atoms. The van der Waals surface area contributed by atoms with Gasteiger partial charge in [0.2, 0.25) is 0 Å². The molecule has 0 spiro atoms. The van der Waals surface area contributed by atoms with Gasteiger partial charge in [-0.05, 0) is 68.7 Å². The summed E-state index contributed by atoms with van der Waals surface area (Å²) < 4.78 is 11.5. The molecule has 1 amide bonds. The average Bonchev–Trinajstić information content (AvgIpc) is 2.75. The van der Waals surface area contributed by atoms with Crippen molar-refractivity contribution >= 4 is 23.5 Å². The van der Waals surface area contributed by atoms with Crippen molar-refractivity contribution in [2.45, 2.75) is 38.9 Å². The fraction of sp³-hybridized carbons (Fsp3) is 0.292. The third kappa shape index (κ3) is 7.88. The van der Waals surface area contributed by atoms with Crippen LogP contribution in [0, 0.1) is 0 Å². The molecule has 0 fully saturated rings. The number of hydrogen-bond acceptors (Lipinski definition) is 6. The maximum atomic E-state index is 12.6. The number of phenolic OH excluding ortho intramolecular Hbond substituents is 1. The van der Waals surface area contributed by atoms with E-state index in [0.29, 0.717) is 36.3 Å². The summed E-state index contributed by atoms with van der Waals surface area (Å²) in [4.78, 5) is 34.7. The summed E-state index contributed by atoms with van der Waals surface area (Å²) in [6, 6.07) is 12.6. The van der Waals surface area contributed by atoms with Gasteiger partial charge in [-0.2, -0.15) is 0 Å². The third-order valence-electron chi connectivity index (χ3n) is 4.59. The van der Waals surface area contributed by atoms with E-state index in [1.165, 1.54) is 25.1 Å². The molecular formula is C24H27NO7. The highest BCUT2D eigenvalue weighted by atomic mass is 16.6. The summed E-state index contributed by atoms with van der Waals surface area (Å²) in [6.45, 7) is 3.63.